The lowest BCUT2D eigenvalue weighted by Gasteiger charge is -2.31. The molecule has 1 fully saturated rings. The van der Waals surface area contributed by atoms with Gasteiger partial charge in [0.1, 0.15) is 0 Å². The van der Waals surface area contributed by atoms with Gasteiger partial charge >= 0.3 is 0 Å². The highest BCUT2D eigenvalue weighted by Crippen LogP contribution is 2.30. The Balaban J connectivity index is 1.76. The van der Waals surface area contributed by atoms with Crippen LogP contribution in [0.25, 0.3) is 0 Å². The first-order valence-electron chi connectivity index (χ1n) is 8.79. The number of amides is 1. The van der Waals surface area contributed by atoms with Crippen LogP contribution in [0.5, 0.6) is 0 Å². The molecule has 1 saturated heterocycles. The summed E-state index contributed by atoms with van der Waals surface area (Å²) in [7, 11) is 0. The normalized spacial score (nSPS) is 19.3. The second-order valence-corrected chi connectivity index (χ2v) is 7.11. The van der Waals surface area contributed by atoms with Gasteiger partial charge in [-0.15, -0.1) is 0 Å². The van der Waals surface area contributed by atoms with Crippen LogP contribution < -0.4 is 10.2 Å². The van der Waals surface area contributed by atoms with Gasteiger partial charge in [-0.05, 0) is 68.3 Å². The molecule has 0 aromatic heterocycles. The number of piperidine rings is 1. The second kappa shape index (κ2) is 6.82. The molecule has 0 spiro atoms. The maximum atomic E-state index is 12.4. The number of carbonyl (C=O) groups is 1. The fourth-order valence-electron chi connectivity index (χ4n) is 3.74. The third-order valence-electron chi connectivity index (χ3n) is 5.01. The first-order valence-corrected chi connectivity index (χ1v) is 8.79. The highest BCUT2D eigenvalue weighted by Gasteiger charge is 2.24. The van der Waals surface area contributed by atoms with E-state index in [1.54, 1.807) is 0 Å². The Morgan fingerprint density at radius 3 is 2.82 bits per heavy atom. The SMILES string of the molecule is CC(C)C(=O)N1CCCc2cc(CC3CCNCC3)ccc21. The van der Waals surface area contributed by atoms with Crippen LogP contribution in [0.1, 0.15) is 44.2 Å². The molecular weight excluding hydrogens is 272 g/mol. The molecule has 1 amide bonds. The van der Waals surface area contributed by atoms with Gasteiger partial charge in [-0.25, -0.2) is 0 Å². The van der Waals surface area contributed by atoms with Gasteiger partial charge in [0.15, 0.2) is 0 Å². The van der Waals surface area contributed by atoms with Crippen LogP contribution >= 0.6 is 0 Å². The van der Waals surface area contributed by atoms with Crippen molar-refractivity contribution in [2.75, 3.05) is 24.5 Å². The summed E-state index contributed by atoms with van der Waals surface area (Å²) in [5.41, 5.74) is 3.97. The van der Waals surface area contributed by atoms with Gasteiger partial charge in [0.2, 0.25) is 5.91 Å². The van der Waals surface area contributed by atoms with Crippen molar-refractivity contribution in [3.63, 3.8) is 0 Å². The molecule has 3 rings (SSSR count). The maximum absolute atomic E-state index is 12.4. The van der Waals surface area contributed by atoms with Crippen molar-refractivity contribution in [3.05, 3.63) is 29.3 Å². The molecule has 0 saturated carbocycles. The Kier molecular flexibility index (Phi) is 4.82. The van der Waals surface area contributed by atoms with Gasteiger partial charge in [-0.1, -0.05) is 26.0 Å². The number of hydrogen-bond acceptors (Lipinski definition) is 2. The number of aryl methyl sites for hydroxylation is 1. The number of carbonyl (C=O) groups excluding carboxylic acids is 1. The zero-order chi connectivity index (χ0) is 15.5. The lowest BCUT2D eigenvalue weighted by molar-refractivity contribution is -0.121. The molecule has 1 aromatic carbocycles. The molecular formula is C19H28N2O. The summed E-state index contributed by atoms with van der Waals surface area (Å²) in [5.74, 6) is 1.14. The summed E-state index contributed by atoms with van der Waals surface area (Å²) >= 11 is 0. The number of fused-ring (bicyclic) bond motifs is 1. The molecule has 1 aromatic rings. The van der Waals surface area contributed by atoms with Crippen molar-refractivity contribution in [3.8, 4) is 0 Å². The van der Waals surface area contributed by atoms with E-state index in [1.165, 1.54) is 30.4 Å². The molecule has 3 heteroatoms. The van der Waals surface area contributed by atoms with Crippen LogP contribution in [-0.2, 0) is 17.6 Å². The van der Waals surface area contributed by atoms with Crippen molar-refractivity contribution in [2.24, 2.45) is 11.8 Å². The largest absolute Gasteiger partial charge is 0.317 e. The van der Waals surface area contributed by atoms with Gasteiger partial charge in [0.25, 0.3) is 0 Å². The van der Waals surface area contributed by atoms with Gasteiger partial charge in [-0.3, -0.25) is 4.79 Å². The quantitative estimate of drug-likeness (QED) is 0.930. The number of nitrogens with zero attached hydrogens (tertiary/aromatic N) is 1. The number of benzene rings is 1. The van der Waals surface area contributed by atoms with E-state index < -0.39 is 0 Å². The summed E-state index contributed by atoms with van der Waals surface area (Å²) in [4.78, 5) is 14.4. The van der Waals surface area contributed by atoms with Crippen molar-refractivity contribution in [1.29, 1.82) is 0 Å². The van der Waals surface area contributed by atoms with Gasteiger partial charge < -0.3 is 10.2 Å². The lowest BCUT2D eigenvalue weighted by atomic mass is 9.89. The van der Waals surface area contributed by atoms with Crippen molar-refractivity contribution in [2.45, 2.75) is 46.0 Å². The van der Waals surface area contributed by atoms with E-state index in [-0.39, 0.29) is 11.8 Å². The maximum Gasteiger partial charge on any atom is 0.229 e. The Morgan fingerprint density at radius 1 is 1.32 bits per heavy atom. The Morgan fingerprint density at radius 2 is 2.09 bits per heavy atom. The third-order valence-corrected chi connectivity index (χ3v) is 5.01. The second-order valence-electron chi connectivity index (χ2n) is 7.11. The van der Waals surface area contributed by atoms with E-state index in [9.17, 15) is 4.79 Å². The molecule has 0 radical (unpaired) electrons. The van der Waals surface area contributed by atoms with Gasteiger partial charge in [-0.2, -0.15) is 0 Å². The van der Waals surface area contributed by atoms with E-state index >= 15 is 0 Å². The standard InChI is InChI=1S/C19H28N2O/c1-14(2)19(22)21-11-3-4-17-13-16(5-6-18(17)21)12-15-7-9-20-10-8-15/h5-6,13-15,20H,3-4,7-12H2,1-2H3. The van der Waals surface area contributed by atoms with Crippen molar-refractivity contribution < 1.29 is 4.79 Å². The van der Waals surface area contributed by atoms with E-state index in [2.05, 4.69) is 23.5 Å². The highest BCUT2D eigenvalue weighted by atomic mass is 16.2. The molecule has 2 aliphatic rings. The topological polar surface area (TPSA) is 32.3 Å². The summed E-state index contributed by atoms with van der Waals surface area (Å²) in [6.45, 7) is 7.17. The number of anilines is 1. The Labute approximate surface area is 134 Å². The van der Waals surface area contributed by atoms with E-state index in [0.717, 1.165) is 44.1 Å². The molecule has 2 heterocycles. The summed E-state index contributed by atoms with van der Waals surface area (Å²) < 4.78 is 0. The molecule has 0 atom stereocenters. The van der Waals surface area contributed by atoms with E-state index in [0.29, 0.717) is 0 Å². The molecule has 0 aliphatic carbocycles. The number of rotatable bonds is 3. The molecule has 0 bridgehead atoms. The Bertz CT molecular complexity index is 532. The summed E-state index contributed by atoms with van der Waals surface area (Å²) in [5, 5.41) is 3.44. The average molecular weight is 300 g/mol. The first kappa shape index (κ1) is 15.5. The van der Waals surface area contributed by atoms with Gasteiger partial charge in [0, 0.05) is 18.2 Å². The van der Waals surface area contributed by atoms with Crippen molar-refractivity contribution in [1.82, 2.24) is 5.32 Å². The fourth-order valence-corrected chi connectivity index (χ4v) is 3.74. The molecule has 0 unspecified atom stereocenters. The zero-order valence-corrected chi connectivity index (χ0v) is 13.9. The molecule has 1 N–H and O–H groups in total. The first-order chi connectivity index (χ1) is 10.6. The Hall–Kier alpha value is -1.35. The van der Waals surface area contributed by atoms with Crippen LogP contribution in [-0.4, -0.2) is 25.5 Å². The van der Waals surface area contributed by atoms with Crippen LogP contribution in [0.4, 0.5) is 5.69 Å². The summed E-state index contributed by atoms with van der Waals surface area (Å²) in [6, 6.07) is 6.79. The third kappa shape index (κ3) is 3.35. The minimum Gasteiger partial charge on any atom is -0.317 e. The molecule has 2 aliphatic heterocycles. The molecule has 22 heavy (non-hydrogen) atoms. The van der Waals surface area contributed by atoms with Crippen LogP contribution in [0, 0.1) is 11.8 Å². The number of hydrogen-bond donors (Lipinski definition) is 1. The van der Waals surface area contributed by atoms with Gasteiger partial charge in [0.05, 0.1) is 0 Å². The smallest absolute Gasteiger partial charge is 0.229 e. The van der Waals surface area contributed by atoms with E-state index in [1.807, 2.05) is 18.7 Å². The van der Waals surface area contributed by atoms with Crippen LogP contribution in [0.15, 0.2) is 18.2 Å². The van der Waals surface area contributed by atoms with Crippen LogP contribution in [0.3, 0.4) is 0 Å². The zero-order valence-electron chi connectivity index (χ0n) is 13.9. The highest BCUT2D eigenvalue weighted by molar-refractivity contribution is 5.95. The van der Waals surface area contributed by atoms with Crippen molar-refractivity contribution >= 4 is 11.6 Å². The average Bonchev–Trinajstić information content (AvgIpc) is 2.54. The predicted octanol–water partition coefficient (Wildman–Crippen LogP) is 3.16. The fraction of sp³-hybridized carbons (Fsp3) is 0.632. The summed E-state index contributed by atoms with van der Waals surface area (Å²) in [6.07, 6.45) is 5.96. The van der Waals surface area contributed by atoms with E-state index in [4.69, 9.17) is 0 Å². The number of nitrogens with one attached hydrogen (secondary N) is 1. The predicted molar refractivity (Wildman–Crippen MR) is 91.3 cm³/mol. The van der Waals surface area contributed by atoms with Crippen LogP contribution in [0.2, 0.25) is 0 Å². The molecule has 3 nitrogen and oxygen atoms in total. The minimum absolute atomic E-state index is 0.0698. The minimum atomic E-state index is 0.0698. The molecule has 120 valence electrons. The lowest BCUT2D eigenvalue weighted by Crippen LogP contribution is -2.38. The monoisotopic (exact) mass is 300 g/mol.